The second-order valence-corrected chi connectivity index (χ2v) is 6.92. The molecule has 0 aliphatic carbocycles. The van der Waals surface area contributed by atoms with E-state index in [1.807, 2.05) is 32.0 Å². The standard InChI is InChI=1S/C21H24N4O3/c1-13-6-4-7-14(2)19(13)24-21(28)23-16-8-5-9-17(11-16)25-12-15(10-18(25)26)20(27)22-3/h4-9,11,15H,10,12H2,1-3H3,(H,22,27)(H2,23,24,28)/t15-/m0/s1. The first-order valence-electron chi connectivity index (χ1n) is 9.15. The SMILES string of the molecule is CNC(=O)[C@H]1CC(=O)N(c2cccc(NC(=O)Nc3c(C)cccc3C)c2)C1. The van der Waals surface area contributed by atoms with E-state index in [9.17, 15) is 14.4 Å². The molecule has 0 saturated carbocycles. The van der Waals surface area contributed by atoms with Gasteiger partial charge in [-0.15, -0.1) is 0 Å². The van der Waals surface area contributed by atoms with E-state index in [1.165, 1.54) is 0 Å². The van der Waals surface area contributed by atoms with Crippen LogP contribution < -0.4 is 20.9 Å². The molecular weight excluding hydrogens is 356 g/mol. The molecule has 4 amide bonds. The Morgan fingerprint density at radius 1 is 1.04 bits per heavy atom. The van der Waals surface area contributed by atoms with Crippen LogP contribution >= 0.6 is 0 Å². The van der Waals surface area contributed by atoms with Crippen LogP contribution in [0.3, 0.4) is 0 Å². The highest BCUT2D eigenvalue weighted by Crippen LogP contribution is 2.27. The van der Waals surface area contributed by atoms with Gasteiger partial charge in [0.1, 0.15) is 0 Å². The van der Waals surface area contributed by atoms with Crippen molar-refractivity contribution in [2.75, 3.05) is 29.1 Å². The summed E-state index contributed by atoms with van der Waals surface area (Å²) in [5.74, 6) is -0.606. The molecule has 1 fully saturated rings. The second-order valence-electron chi connectivity index (χ2n) is 6.92. The van der Waals surface area contributed by atoms with Crippen LogP contribution in [0, 0.1) is 19.8 Å². The Morgan fingerprint density at radius 2 is 1.71 bits per heavy atom. The number of hydrogen-bond donors (Lipinski definition) is 3. The molecule has 3 N–H and O–H groups in total. The fraction of sp³-hybridized carbons (Fsp3) is 0.286. The van der Waals surface area contributed by atoms with Crippen molar-refractivity contribution in [3.05, 3.63) is 53.6 Å². The zero-order valence-corrected chi connectivity index (χ0v) is 16.2. The molecule has 1 aliphatic rings. The summed E-state index contributed by atoms with van der Waals surface area (Å²) in [6, 6.07) is 12.5. The van der Waals surface area contributed by atoms with Gasteiger partial charge < -0.3 is 20.9 Å². The Labute approximate surface area is 164 Å². The molecule has 2 aromatic carbocycles. The predicted molar refractivity (Wildman–Crippen MR) is 110 cm³/mol. The summed E-state index contributed by atoms with van der Waals surface area (Å²) in [6.07, 6.45) is 0.185. The molecule has 1 saturated heterocycles. The van der Waals surface area contributed by atoms with E-state index < -0.39 is 0 Å². The first-order chi connectivity index (χ1) is 13.4. The number of carbonyl (C=O) groups is 3. The topological polar surface area (TPSA) is 90.5 Å². The molecule has 0 aromatic heterocycles. The quantitative estimate of drug-likeness (QED) is 0.761. The van der Waals surface area contributed by atoms with E-state index >= 15 is 0 Å². The monoisotopic (exact) mass is 380 g/mol. The second kappa shape index (κ2) is 8.12. The molecule has 1 heterocycles. The van der Waals surface area contributed by atoms with Crippen molar-refractivity contribution in [3.8, 4) is 0 Å². The molecule has 7 nitrogen and oxygen atoms in total. The maximum Gasteiger partial charge on any atom is 0.323 e. The van der Waals surface area contributed by atoms with Crippen LogP contribution in [-0.2, 0) is 9.59 Å². The minimum Gasteiger partial charge on any atom is -0.359 e. The first-order valence-corrected chi connectivity index (χ1v) is 9.15. The van der Waals surface area contributed by atoms with Crippen LogP contribution in [0.2, 0.25) is 0 Å². The number of benzene rings is 2. The molecular formula is C21H24N4O3. The largest absolute Gasteiger partial charge is 0.359 e. The summed E-state index contributed by atoms with van der Waals surface area (Å²) in [4.78, 5) is 38.1. The van der Waals surface area contributed by atoms with E-state index in [0.717, 1.165) is 16.8 Å². The summed E-state index contributed by atoms with van der Waals surface area (Å²) >= 11 is 0. The Balaban J connectivity index is 1.71. The minimum absolute atomic E-state index is 0.106. The Kier molecular flexibility index (Phi) is 5.63. The van der Waals surface area contributed by atoms with Gasteiger partial charge >= 0.3 is 6.03 Å². The number of para-hydroxylation sites is 1. The van der Waals surface area contributed by atoms with E-state index in [4.69, 9.17) is 0 Å². The Bertz CT molecular complexity index is 905. The van der Waals surface area contributed by atoms with Gasteiger partial charge in [-0.1, -0.05) is 24.3 Å². The molecule has 0 unspecified atom stereocenters. The van der Waals surface area contributed by atoms with Crippen molar-refractivity contribution in [1.29, 1.82) is 0 Å². The fourth-order valence-corrected chi connectivity index (χ4v) is 3.38. The van der Waals surface area contributed by atoms with Gasteiger partial charge in [0.25, 0.3) is 0 Å². The maximum atomic E-state index is 12.4. The van der Waals surface area contributed by atoms with Gasteiger partial charge in [0, 0.05) is 37.1 Å². The van der Waals surface area contributed by atoms with Crippen molar-refractivity contribution in [3.63, 3.8) is 0 Å². The molecule has 28 heavy (non-hydrogen) atoms. The van der Waals surface area contributed by atoms with Crippen LogP contribution in [0.25, 0.3) is 0 Å². The lowest BCUT2D eigenvalue weighted by molar-refractivity contribution is -0.125. The molecule has 1 aliphatic heterocycles. The van der Waals surface area contributed by atoms with E-state index in [1.54, 1.807) is 36.2 Å². The Morgan fingerprint density at radius 3 is 2.39 bits per heavy atom. The highest BCUT2D eigenvalue weighted by molar-refractivity contribution is 6.03. The number of anilines is 3. The highest BCUT2D eigenvalue weighted by atomic mass is 16.2. The number of urea groups is 1. The Hall–Kier alpha value is -3.35. The van der Waals surface area contributed by atoms with Crippen molar-refractivity contribution in [2.24, 2.45) is 5.92 Å². The number of nitrogens with one attached hydrogen (secondary N) is 3. The van der Waals surface area contributed by atoms with Gasteiger partial charge in [-0.2, -0.15) is 0 Å². The molecule has 146 valence electrons. The third-order valence-electron chi connectivity index (χ3n) is 4.88. The minimum atomic E-state index is -0.360. The van der Waals surface area contributed by atoms with Crippen molar-refractivity contribution in [1.82, 2.24) is 5.32 Å². The lowest BCUT2D eigenvalue weighted by atomic mass is 10.1. The number of carbonyl (C=O) groups excluding carboxylic acids is 3. The number of nitrogens with zero attached hydrogens (tertiary/aromatic N) is 1. The number of rotatable bonds is 4. The van der Waals surface area contributed by atoms with Crippen molar-refractivity contribution in [2.45, 2.75) is 20.3 Å². The first kappa shape index (κ1) is 19.4. The van der Waals surface area contributed by atoms with Crippen LogP contribution in [0.1, 0.15) is 17.5 Å². The molecule has 7 heteroatoms. The van der Waals surface area contributed by atoms with Crippen LogP contribution in [0.15, 0.2) is 42.5 Å². The summed E-state index contributed by atoms with van der Waals surface area (Å²) < 4.78 is 0. The van der Waals surface area contributed by atoms with Gasteiger partial charge in [-0.05, 0) is 43.2 Å². The van der Waals surface area contributed by atoms with Gasteiger partial charge in [0.05, 0.1) is 5.92 Å². The zero-order valence-electron chi connectivity index (χ0n) is 16.2. The summed E-state index contributed by atoms with van der Waals surface area (Å²) in [6.45, 7) is 4.20. The van der Waals surface area contributed by atoms with Crippen molar-refractivity contribution < 1.29 is 14.4 Å². The molecule has 1 atom stereocenters. The molecule has 0 spiro atoms. The van der Waals surface area contributed by atoms with Crippen LogP contribution in [-0.4, -0.2) is 31.4 Å². The molecule has 0 radical (unpaired) electrons. The average Bonchev–Trinajstić information content (AvgIpc) is 3.06. The van der Waals surface area contributed by atoms with E-state index in [2.05, 4.69) is 16.0 Å². The third-order valence-corrected chi connectivity index (χ3v) is 4.88. The molecule has 0 bridgehead atoms. The van der Waals surface area contributed by atoms with Gasteiger partial charge in [0.15, 0.2) is 0 Å². The van der Waals surface area contributed by atoms with Crippen molar-refractivity contribution >= 4 is 34.9 Å². The maximum absolute atomic E-state index is 12.4. The summed E-state index contributed by atoms with van der Waals surface area (Å²) in [7, 11) is 1.56. The third kappa shape index (κ3) is 4.14. The van der Waals surface area contributed by atoms with Gasteiger partial charge in [-0.3, -0.25) is 9.59 Å². The normalized spacial score (nSPS) is 16.0. The smallest absolute Gasteiger partial charge is 0.323 e. The molecule has 3 rings (SSSR count). The number of hydrogen-bond acceptors (Lipinski definition) is 3. The summed E-state index contributed by atoms with van der Waals surface area (Å²) in [5, 5.41) is 8.26. The van der Waals surface area contributed by atoms with Gasteiger partial charge in [-0.25, -0.2) is 4.79 Å². The highest BCUT2D eigenvalue weighted by Gasteiger charge is 2.34. The summed E-state index contributed by atoms with van der Waals surface area (Å²) in [5.41, 5.74) is 3.96. The average molecular weight is 380 g/mol. The lowest BCUT2D eigenvalue weighted by Gasteiger charge is -2.18. The van der Waals surface area contributed by atoms with Gasteiger partial charge in [0.2, 0.25) is 11.8 Å². The fourth-order valence-electron chi connectivity index (χ4n) is 3.38. The number of amides is 4. The lowest BCUT2D eigenvalue weighted by Crippen LogP contribution is -2.30. The predicted octanol–water partition coefficient (Wildman–Crippen LogP) is 3.05. The zero-order chi connectivity index (χ0) is 20.3. The molecule has 2 aromatic rings. The van der Waals surface area contributed by atoms with E-state index in [-0.39, 0.29) is 30.2 Å². The van der Waals surface area contributed by atoms with Crippen LogP contribution in [0.5, 0.6) is 0 Å². The van der Waals surface area contributed by atoms with Crippen LogP contribution in [0.4, 0.5) is 21.9 Å². The van der Waals surface area contributed by atoms with E-state index in [0.29, 0.717) is 17.9 Å². The number of aryl methyl sites for hydroxylation is 2.